The fourth-order valence-corrected chi connectivity index (χ4v) is 6.19. The van der Waals surface area contributed by atoms with Crippen LogP contribution in [0.3, 0.4) is 0 Å². The number of halogens is 1. The summed E-state index contributed by atoms with van der Waals surface area (Å²) in [7, 11) is 0. The Morgan fingerprint density at radius 3 is 1.67 bits per heavy atom. The van der Waals surface area contributed by atoms with Gasteiger partial charge in [-0.25, -0.2) is 0 Å². The van der Waals surface area contributed by atoms with E-state index in [1.54, 1.807) is 0 Å². The molecule has 0 radical (unpaired) electrons. The summed E-state index contributed by atoms with van der Waals surface area (Å²) < 4.78 is 6.07. The molecule has 0 unspecified atom stereocenters. The Labute approximate surface area is 136 Å². The van der Waals surface area contributed by atoms with E-state index >= 15 is 0 Å². The summed E-state index contributed by atoms with van der Waals surface area (Å²) in [6.45, 7) is 7.37. The number of rotatable bonds is 5. The van der Waals surface area contributed by atoms with E-state index in [4.69, 9.17) is 4.74 Å². The predicted molar refractivity (Wildman–Crippen MR) is 98.3 cm³/mol. The highest BCUT2D eigenvalue weighted by molar-refractivity contribution is 9.43. The monoisotopic (exact) mass is 365 g/mol. The number of hydrogen-bond donors (Lipinski definition) is 0. The molecule has 0 aliphatic heterocycles. The van der Waals surface area contributed by atoms with Gasteiger partial charge in [0.25, 0.3) is 0 Å². The second kappa shape index (κ2) is 7.05. The van der Waals surface area contributed by atoms with Crippen LogP contribution in [-0.4, -0.2) is 13.0 Å². The van der Waals surface area contributed by atoms with Crippen LogP contribution in [0.15, 0.2) is 60.7 Å². The van der Waals surface area contributed by atoms with Crippen molar-refractivity contribution >= 4 is 32.1 Å². The molecule has 0 bridgehead atoms. The van der Waals surface area contributed by atoms with Crippen molar-refractivity contribution in [2.24, 2.45) is 5.41 Å². The second-order valence-electron chi connectivity index (χ2n) is 6.43. The maximum Gasteiger partial charge on any atom is 0.176 e. The Kier molecular flexibility index (Phi) is 5.60. The van der Waals surface area contributed by atoms with Crippen molar-refractivity contribution in [2.75, 3.05) is 13.0 Å². The lowest BCUT2D eigenvalue weighted by Gasteiger charge is -2.23. The molecule has 1 nitrogen and oxygen atoms in total. The van der Waals surface area contributed by atoms with E-state index in [1.807, 2.05) is 0 Å². The summed E-state index contributed by atoms with van der Waals surface area (Å²) in [4.78, 5) is 0. The average Bonchev–Trinajstić information content (AvgIpc) is 2.47. The first-order valence-corrected chi connectivity index (χ1v) is 11.2. The van der Waals surface area contributed by atoms with Crippen molar-refractivity contribution in [3.63, 3.8) is 0 Å². The Morgan fingerprint density at radius 2 is 1.29 bits per heavy atom. The third-order valence-corrected chi connectivity index (χ3v) is 8.98. The molecule has 0 saturated heterocycles. The fourth-order valence-electron chi connectivity index (χ4n) is 2.10. The van der Waals surface area contributed by atoms with Gasteiger partial charge in [-0.1, -0.05) is 57.2 Å². The number of hydrogen-bond acceptors (Lipinski definition) is 1. The highest BCUT2D eigenvalue weighted by atomic mass is 79.9. The number of benzene rings is 2. The lowest BCUT2D eigenvalue weighted by Crippen LogP contribution is -2.24. The number of ether oxygens (including phenoxy) is 1. The summed E-state index contributed by atoms with van der Waals surface area (Å²) in [5, 5.41) is 2.65. The maximum absolute atomic E-state index is 6.07. The zero-order valence-electron chi connectivity index (χ0n) is 12.9. The predicted octanol–water partition coefficient (Wildman–Crippen LogP) is 4.99. The van der Waals surface area contributed by atoms with Gasteiger partial charge in [0.05, 0.1) is 6.61 Å². The van der Waals surface area contributed by atoms with Crippen molar-refractivity contribution in [2.45, 2.75) is 20.8 Å². The molecule has 0 aliphatic carbocycles. The minimum atomic E-state index is -1.67. The van der Waals surface area contributed by atoms with Gasteiger partial charge in [-0.05, 0) is 29.7 Å². The summed E-state index contributed by atoms with van der Waals surface area (Å²) in [5.41, 5.74) is 0.186. The lowest BCUT2D eigenvalue weighted by molar-refractivity contribution is 0.104. The van der Waals surface area contributed by atoms with Gasteiger partial charge < -0.3 is 4.74 Å². The van der Waals surface area contributed by atoms with Crippen LogP contribution in [0.5, 0.6) is 0 Å². The third-order valence-electron chi connectivity index (χ3n) is 3.14. The zero-order chi connectivity index (χ0) is 15.3. The molecule has 2 rings (SSSR count). The van der Waals surface area contributed by atoms with Crippen LogP contribution in [0, 0.1) is 5.41 Å². The van der Waals surface area contributed by atoms with Crippen LogP contribution in [0.4, 0.5) is 0 Å². The first-order chi connectivity index (χ1) is 9.92. The Balaban J connectivity index is 2.27. The molecule has 0 N–H and O–H groups in total. The van der Waals surface area contributed by atoms with E-state index in [2.05, 4.69) is 96.9 Å². The maximum atomic E-state index is 6.07. The van der Waals surface area contributed by atoms with Crippen molar-refractivity contribution in [3.05, 3.63) is 60.7 Å². The van der Waals surface area contributed by atoms with E-state index in [-0.39, 0.29) is 5.41 Å². The van der Waals surface area contributed by atoms with Gasteiger partial charge in [-0.15, -0.1) is 0 Å². The smallest absolute Gasteiger partial charge is 0.176 e. The van der Waals surface area contributed by atoms with E-state index < -0.39 is 5.96 Å². The summed E-state index contributed by atoms with van der Waals surface area (Å²) in [6.07, 6.45) is 0.721. The minimum Gasteiger partial charge on any atom is -0.344 e. The van der Waals surface area contributed by atoms with Crippen molar-refractivity contribution in [1.29, 1.82) is 0 Å². The summed E-state index contributed by atoms with van der Waals surface area (Å²) in [5.74, 6) is -1.67. The zero-order valence-corrected chi connectivity index (χ0v) is 15.4. The molecular weight excluding hydrogens is 343 g/mol. The van der Waals surface area contributed by atoms with Gasteiger partial charge in [0.15, 0.2) is 27.8 Å². The molecule has 0 aliphatic rings. The van der Waals surface area contributed by atoms with Gasteiger partial charge >= 0.3 is 0 Å². The van der Waals surface area contributed by atoms with Crippen LogP contribution in [-0.2, 0) is 4.74 Å². The van der Waals surface area contributed by atoms with Crippen LogP contribution in [0.25, 0.3) is 0 Å². The highest BCUT2D eigenvalue weighted by Crippen LogP contribution is 2.63. The lowest BCUT2D eigenvalue weighted by atomic mass is 9.99. The molecule has 2 aromatic carbocycles. The van der Waals surface area contributed by atoms with Crippen LogP contribution >= 0.6 is 21.5 Å². The highest BCUT2D eigenvalue weighted by Gasteiger charge is 2.41. The summed E-state index contributed by atoms with van der Waals surface area (Å²) >= 11 is 4.06. The molecular formula is C18H23BrOP+. The molecule has 0 amide bonds. The van der Waals surface area contributed by atoms with Gasteiger partial charge in [-0.2, -0.15) is 0 Å². The standard InChI is InChI=1S/C18H23BrOP/c1-18(2,3)14-20-15-21(19,16-10-6-4-7-11-16)17-12-8-5-9-13-17/h4-13H,14-15H2,1-3H3/q+1. The Bertz CT molecular complexity index is 509. The van der Waals surface area contributed by atoms with Gasteiger partial charge in [0, 0.05) is 0 Å². The topological polar surface area (TPSA) is 9.23 Å². The minimum absolute atomic E-state index is 0.186. The van der Waals surface area contributed by atoms with Crippen LogP contribution in [0.1, 0.15) is 20.8 Å². The van der Waals surface area contributed by atoms with Crippen LogP contribution in [0.2, 0.25) is 0 Å². The molecule has 0 atom stereocenters. The van der Waals surface area contributed by atoms with Gasteiger partial charge in [-0.3, -0.25) is 0 Å². The molecule has 0 spiro atoms. The molecule has 3 heteroatoms. The van der Waals surface area contributed by atoms with E-state index in [9.17, 15) is 0 Å². The molecule has 0 heterocycles. The van der Waals surface area contributed by atoms with Crippen LogP contribution < -0.4 is 10.6 Å². The van der Waals surface area contributed by atoms with Gasteiger partial charge in [0.2, 0.25) is 0 Å². The molecule has 2 aromatic rings. The SMILES string of the molecule is CC(C)(C)COC[P+](Br)(c1ccccc1)c1ccccc1. The van der Waals surface area contributed by atoms with Crippen molar-refractivity contribution in [1.82, 2.24) is 0 Å². The second-order valence-corrected chi connectivity index (χ2v) is 12.8. The van der Waals surface area contributed by atoms with E-state index in [0.29, 0.717) is 0 Å². The van der Waals surface area contributed by atoms with Crippen molar-refractivity contribution in [3.8, 4) is 0 Å². The fraction of sp³-hybridized carbons (Fsp3) is 0.333. The van der Waals surface area contributed by atoms with Gasteiger partial charge in [0.1, 0.15) is 10.6 Å². The molecule has 0 fully saturated rings. The molecule has 0 saturated carbocycles. The quantitative estimate of drug-likeness (QED) is 0.678. The largest absolute Gasteiger partial charge is 0.344 e. The molecule has 0 aromatic heterocycles. The first-order valence-electron chi connectivity index (χ1n) is 7.18. The first kappa shape index (κ1) is 16.7. The summed E-state index contributed by atoms with van der Waals surface area (Å²) in [6, 6.07) is 21.3. The molecule has 21 heavy (non-hydrogen) atoms. The average molecular weight is 366 g/mol. The van der Waals surface area contributed by atoms with E-state index in [1.165, 1.54) is 10.6 Å². The van der Waals surface area contributed by atoms with Crippen molar-refractivity contribution < 1.29 is 4.74 Å². The Hall–Kier alpha value is -0.690. The third kappa shape index (κ3) is 4.64. The van der Waals surface area contributed by atoms with E-state index in [0.717, 1.165) is 13.0 Å². The Morgan fingerprint density at radius 1 is 0.857 bits per heavy atom. The normalized spacial score (nSPS) is 12.4. The molecule has 112 valence electrons.